The zero-order valence-corrected chi connectivity index (χ0v) is 15.7. The Labute approximate surface area is 151 Å². The van der Waals surface area contributed by atoms with Crippen LogP contribution in [-0.4, -0.2) is 87.7 Å². The topological polar surface area (TPSA) is 57.5 Å². The number of carbonyl (C=O) groups excluding carboxylic acids is 1. The quantitative estimate of drug-likeness (QED) is 0.766. The lowest BCUT2D eigenvalue weighted by atomic mass is 9.89. The van der Waals surface area contributed by atoms with Gasteiger partial charge in [-0.05, 0) is 39.2 Å². The van der Waals surface area contributed by atoms with E-state index >= 15 is 0 Å². The van der Waals surface area contributed by atoms with Crippen LogP contribution in [-0.2, 0) is 11.3 Å². The second-order valence-corrected chi connectivity index (χ2v) is 7.56. The summed E-state index contributed by atoms with van der Waals surface area (Å²) in [4.78, 5) is 23.4. The van der Waals surface area contributed by atoms with Gasteiger partial charge in [0.1, 0.15) is 12.7 Å². The first-order valence-electron chi connectivity index (χ1n) is 9.66. The van der Waals surface area contributed by atoms with E-state index in [4.69, 9.17) is 0 Å². The number of carbonyl (C=O) groups is 1. The Balaban J connectivity index is 1.36. The zero-order valence-electron chi connectivity index (χ0n) is 15.7. The molecule has 1 unspecified atom stereocenters. The van der Waals surface area contributed by atoms with Gasteiger partial charge in [-0.3, -0.25) is 14.4 Å². The summed E-state index contributed by atoms with van der Waals surface area (Å²) in [6, 6.07) is 0.637. The van der Waals surface area contributed by atoms with Crippen molar-refractivity contribution in [2.45, 2.75) is 45.2 Å². The molecule has 2 fully saturated rings. The van der Waals surface area contributed by atoms with Crippen molar-refractivity contribution in [3.63, 3.8) is 0 Å². The highest BCUT2D eigenvalue weighted by atomic mass is 16.2. The molecule has 0 aromatic carbocycles. The van der Waals surface area contributed by atoms with Crippen LogP contribution < -0.4 is 0 Å². The molecule has 7 heteroatoms. The van der Waals surface area contributed by atoms with Crippen molar-refractivity contribution in [2.75, 3.05) is 46.3 Å². The maximum atomic E-state index is 12.4. The van der Waals surface area contributed by atoms with Crippen LogP contribution in [0.25, 0.3) is 0 Å². The average Bonchev–Trinajstić information content (AvgIpc) is 3.15. The SMILES string of the molecule is CC(C1CCN(C(=O)CCCn2cncn2)CC1)N1CCN(C)CC1. The second-order valence-electron chi connectivity index (χ2n) is 7.56. The van der Waals surface area contributed by atoms with E-state index in [0.29, 0.717) is 18.4 Å². The molecule has 2 saturated heterocycles. The molecule has 1 atom stereocenters. The molecule has 0 N–H and O–H groups in total. The van der Waals surface area contributed by atoms with Crippen LogP contribution in [0.3, 0.4) is 0 Å². The standard InChI is InChI=1S/C18H32N6O/c1-16(22-12-10-21(2)11-13-22)17-5-8-23(9-6-17)18(25)4-3-7-24-15-19-14-20-24/h14-17H,3-13H2,1-2H3. The molecule has 2 aliphatic rings. The van der Waals surface area contributed by atoms with Gasteiger partial charge in [-0.1, -0.05) is 0 Å². The van der Waals surface area contributed by atoms with Crippen LogP contribution in [0, 0.1) is 5.92 Å². The Morgan fingerprint density at radius 1 is 1.16 bits per heavy atom. The highest BCUT2D eigenvalue weighted by Crippen LogP contribution is 2.25. The summed E-state index contributed by atoms with van der Waals surface area (Å²) in [5.41, 5.74) is 0. The van der Waals surface area contributed by atoms with E-state index in [1.54, 1.807) is 11.0 Å². The molecular weight excluding hydrogens is 316 g/mol. The molecule has 0 spiro atoms. The number of aromatic nitrogens is 3. The average molecular weight is 348 g/mol. The van der Waals surface area contributed by atoms with Crippen molar-refractivity contribution in [3.05, 3.63) is 12.7 Å². The van der Waals surface area contributed by atoms with E-state index < -0.39 is 0 Å². The highest BCUT2D eigenvalue weighted by Gasteiger charge is 2.30. The summed E-state index contributed by atoms with van der Waals surface area (Å²) in [5, 5.41) is 4.08. The lowest BCUT2D eigenvalue weighted by Gasteiger charge is -2.42. The van der Waals surface area contributed by atoms with Gasteiger partial charge < -0.3 is 9.80 Å². The lowest BCUT2D eigenvalue weighted by Crippen LogP contribution is -2.52. The fourth-order valence-electron chi connectivity index (χ4n) is 4.06. The lowest BCUT2D eigenvalue weighted by molar-refractivity contribution is -0.133. The molecule has 0 radical (unpaired) electrons. The normalized spacial score (nSPS) is 22.2. The number of hydrogen-bond donors (Lipinski definition) is 0. The summed E-state index contributed by atoms with van der Waals surface area (Å²) >= 11 is 0. The summed E-state index contributed by atoms with van der Waals surface area (Å²) in [7, 11) is 2.20. The molecule has 140 valence electrons. The van der Waals surface area contributed by atoms with Crippen LogP contribution in [0.4, 0.5) is 0 Å². The zero-order chi connectivity index (χ0) is 17.6. The van der Waals surface area contributed by atoms with Crippen LogP contribution in [0.1, 0.15) is 32.6 Å². The van der Waals surface area contributed by atoms with Gasteiger partial charge in [0.05, 0.1) is 0 Å². The molecule has 25 heavy (non-hydrogen) atoms. The van der Waals surface area contributed by atoms with Gasteiger partial charge in [0.2, 0.25) is 5.91 Å². The largest absolute Gasteiger partial charge is 0.343 e. The van der Waals surface area contributed by atoms with Gasteiger partial charge in [-0.2, -0.15) is 5.10 Å². The first-order valence-corrected chi connectivity index (χ1v) is 9.66. The van der Waals surface area contributed by atoms with Crippen molar-refractivity contribution in [1.29, 1.82) is 0 Å². The number of likely N-dealkylation sites (tertiary alicyclic amines) is 1. The maximum absolute atomic E-state index is 12.4. The van der Waals surface area contributed by atoms with Gasteiger partial charge >= 0.3 is 0 Å². The van der Waals surface area contributed by atoms with Crippen LogP contribution in [0.15, 0.2) is 12.7 Å². The van der Waals surface area contributed by atoms with Crippen molar-refractivity contribution in [2.24, 2.45) is 5.92 Å². The Bertz CT molecular complexity index is 518. The molecule has 3 heterocycles. The third-order valence-corrected chi connectivity index (χ3v) is 5.93. The number of rotatable bonds is 6. The fraction of sp³-hybridized carbons (Fsp3) is 0.833. The molecular formula is C18H32N6O. The highest BCUT2D eigenvalue weighted by molar-refractivity contribution is 5.76. The number of amides is 1. The fourth-order valence-corrected chi connectivity index (χ4v) is 4.06. The molecule has 3 rings (SSSR count). The van der Waals surface area contributed by atoms with Gasteiger partial charge in [0.15, 0.2) is 0 Å². The number of aryl methyl sites for hydroxylation is 1. The molecule has 1 aromatic heterocycles. The summed E-state index contributed by atoms with van der Waals surface area (Å²) in [6.45, 7) is 9.70. The van der Waals surface area contributed by atoms with E-state index in [9.17, 15) is 4.79 Å². The van der Waals surface area contributed by atoms with Crippen molar-refractivity contribution >= 4 is 5.91 Å². The van der Waals surface area contributed by atoms with E-state index in [2.05, 4.69) is 38.8 Å². The van der Waals surface area contributed by atoms with Gasteiger partial charge in [0.25, 0.3) is 0 Å². The van der Waals surface area contributed by atoms with E-state index in [1.807, 2.05) is 0 Å². The van der Waals surface area contributed by atoms with Gasteiger partial charge in [0, 0.05) is 58.3 Å². The van der Waals surface area contributed by atoms with Crippen LogP contribution in [0.5, 0.6) is 0 Å². The number of piperidine rings is 1. The molecule has 0 saturated carbocycles. The third-order valence-electron chi connectivity index (χ3n) is 5.93. The van der Waals surface area contributed by atoms with Crippen LogP contribution in [0.2, 0.25) is 0 Å². The van der Waals surface area contributed by atoms with Crippen molar-refractivity contribution in [1.82, 2.24) is 29.5 Å². The van der Waals surface area contributed by atoms with E-state index in [-0.39, 0.29) is 0 Å². The number of nitrogens with zero attached hydrogens (tertiary/aromatic N) is 6. The van der Waals surface area contributed by atoms with E-state index in [1.165, 1.54) is 32.5 Å². The van der Waals surface area contributed by atoms with Crippen molar-refractivity contribution < 1.29 is 4.79 Å². The monoisotopic (exact) mass is 348 g/mol. The third kappa shape index (κ3) is 5.01. The van der Waals surface area contributed by atoms with Crippen LogP contribution >= 0.6 is 0 Å². The van der Waals surface area contributed by atoms with E-state index in [0.717, 1.165) is 44.8 Å². The molecule has 1 amide bonds. The Morgan fingerprint density at radius 2 is 1.88 bits per heavy atom. The Kier molecular flexibility index (Phi) is 6.42. The first-order chi connectivity index (χ1) is 12.1. The van der Waals surface area contributed by atoms with Gasteiger partial charge in [-0.15, -0.1) is 0 Å². The van der Waals surface area contributed by atoms with Crippen molar-refractivity contribution in [3.8, 4) is 0 Å². The molecule has 0 aliphatic carbocycles. The summed E-state index contributed by atoms with van der Waals surface area (Å²) in [5.74, 6) is 1.02. The van der Waals surface area contributed by atoms with Gasteiger partial charge in [-0.25, -0.2) is 4.98 Å². The number of piperazine rings is 1. The number of hydrogen-bond acceptors (Lipinski definition) is 5. The molecule has 2 aliphatic heterocycles. The Morgan fingerprint density at radius 3 is 2.52 bits per heavy atom. The summed E-state index contributed by atoms with van der Waals surface area (Å²) < 4.78 is 1.79. The predicted octanol–water partition coefficient (Wildman–Crippen LogP) is 0.933. The molecule has 7 nitrogen and oxygen atoms in total. The number of likely N-dealkylation sites (N-methyl/N-ethyl adjacent to an activating group) is 1. The smallest absolute Gasteiger partial charge is 0.222 e. The predicted molar refractivity (Wildman–Crippen MR) is 97.1 cm³/mol. The minimum atomic E-state index is 0.297. The molecule has 0 bridgehead atoms. The maximum Gasteiger partial charge on any atom is 0.222 e. The summed E-state index contributed by atoms with van der Waals surface area (Å²) in [6.07, 6.45) is 6.97. The minimum Gasteiger partial charge on any atom is -0.343 e. The first kappa shape index (κ1) is 18.3. The Hall–Kier alpha value is -1.47. The molecule has 1 aromatic rings. The second kappa shape index (κ2) is 8.76. The minimum absolute atomic E-state index is 0.297.